The lowest BCUT2D eigenvalue weighted by molar-refractivity contribution is -0.197. The summed E-state index contributed by atoms with van der Waals surface area (Å²) in [4.78, 5) is 25.2. The van der Waals surface area contributed by atoms with Crippen LogP contribution in [-0.4, -0.2) is 44.6 Å². The van der Waals surface area contributed by atoms with Crippen molar-refractivity contribution in [3.8, 4) is 0 Å². The zero-order valence-electron chi connectivity index (χ0n) is 12.4. The van der Waals surface area contributed by atoms with Gasteiger partial charge in [-0.25, -0.2) is 0 Å². The molecule has 5 nitrogen and oxygen atoms in total. The first-order chi connectivity index (χ1) is 8.57. The topological polar surface area (TPSA) is 60.9 Å². The van der Waals surface area contributed by atoms with Gasteiger partial charge in [-0.3, -0.25) is 14.5 Å². The first-order valence-electron chi connectivity index (χ1n) is 6.91. The van der Waals surface area contributed by atoms with E-state index in [1.807, 2.05) is 27.7 Å². The molecule has 19 heavy (non-hydrogen) atoms. The lowest BCUT2D eigenvalue weighted by atomic mass is 9.86. The summed E-state index contributed by atoms with van der Waals surface area (Å²) in [5, 5.41) is 11.6. The molecule has 2 rings (SSSR count). The third kappa shape index (κ3) is 2.19. The maximum Gasteiger partial charge on any atom is 0.232 e. The van der Waals surface area contributed by atoms with E-state index in [0.717, 1.165) is 6.42 Å². The van der Waals surface area contributed by atoms with E-state index in [1.165, 1.54) is 9.96 Å². The van der Waals surface area contributed by atoms with Crippen molar-refractivity contribution in [1.82, 2.24) is 9.96 Å². The fraction of sp³-hybridized carbons (Fsp3) is 0.857. The summed E-state index contributed by atoms with van der Waals surface area (Å²) in [5.74, 6) is -0.265. The molecule has 2 atom stereocenters. The van der Waals surface area contributed by atoms with E-state index >= 15 is 0 Å². The smallest absolute Gasteiger partial charge is 0.232 e. The van der Waals surface area contributed by atoms with Gasteiger partial charge in [0.15, 0.2) is 0 Å². The molecule has 0 aliphatic carbocycles. The van der Waals surface area contributed by atoms with E-state index in [4.69, 9.17) is 0 Å². The maximum absolute atomic E-state index is 12.0. The summed E-state index contributed by atoms with van der Waals surface area (Å²) in [7, 11) is 0. The summed E-state index contributed by atoms with van der Waals surface area (Å²) in [5.41, 5.74) is -0.762. The van der Waals surface area contributed by atoms with Gasteiger partial charge in [0.25, 0.3) is 0 Å². The van der Waals surface area contributed by atoms with E-state index in [-0.39, 0.29) is 29.2 Å². The number of imide groups is 1. The van der Waals surface area contributed by atoms with Crippen molar-refractivity contribution in [3.63, 3.8) is 0 Å². The van der Waals surface area contributed by atoms with Gasteiger partial charge in [0, 0.05) is 30.0 Å². The molecule has 5 heteroatoms. The number of nitrogens with zero attached hydrogens (tertiary/aromatic N) is 2. The highest BCUT2D eigenvalue weighted by molar-refractivity contribution is 6.03. The van der Waals surface area contributed by atoms with Gasteiger partial charge >= 0.3 is 0 Å². The summed E-state index contributed by atoms with van der Waals surface area (Å²) in [6.07, 6.45) is 1.08. The Morgan fingerprint density at radius 3 is 2.21 bits per heavy atom. The van der Waals surface area contributed by atoms with Crippen molar-refractivity contribution in [1.29, 1.82) is 0 Å². The summed E-state index contributed by atoms with van der Waals surface area (Å²) in [6.45, 7) is 10.1. The highest BCUT2D eigenvalue weighted by Gasteiger charge is 2.52. The molecule has 0 saturated carbocycles. The van der Waals surface area contributed by atoms with Crippen LogP contribution in [0.1, 0.15) is 47.5 Å². The Bertz CT molecular complexity index is 417. The summed E-state index contributed by atoms with van der Waals surface area (Å²) < 4.78 is 0. The third-order valence-electron chi connectivity index (χ3n) is 4.74. The molecule has 2 saturated heterocycles. The van der Waals surface area contributed by atoms with Gasteiger partial charge in [0.2, 0.25) is 11.8 Å². The van der Waals surface area contributed by atoms with Crippen molar-refractivity contribution in [3.05, 3.63) is 0 Å². The van der Waals surface area contributed by atoms with Crippen LogP contribution in [0.25, 0.3) is 0 Å². The molecule has 0 aromatic rings. The van der Waals surface area contributed by atoms with Crippen molar-refractivity contribution in [2.45, 2.75) is 58.5 Å². The normalized spacial score (nSPS) is 34.3. The molecule has 1 unspecified atom stereocenters. The molecule has 0 aromatic carbocycles. The van der Waals surface area contributed by atoms with Crippen LogP contribution in [0.4, 0.5) is 0 Å². The Morgan fingerprint density at radius 1 is 1.26 bits per heavy atom. The molecule has 0 radical (unpaired) electrons. The first-order valence-corrected chi connectivity index (χ1v) is 6.91. The Balaban J connectivity index is 2.16. The minimum absolute atomic E-state index is 0.0741. The molecule has 108 valence electrons. The number of hydroxylamine groups is 2. The minimum atomic E-state index is -0.435. The highest BCUT2D eigenvalue weighted by atomic mass is 16.5. The number of amides is 2. The second-order valence-corrected chi connectivity index (χ2v) is 7.13. The maximum atomic E-state index is 12.0. The molecular weight excluding hydrogens is 244 g/mol. The van der Waals surface area contributed by atoms with Gasteiger partial charge in [-0.2, -0.15) is 5.06 Å². The molecular formula is C14H24N2O3. The molecule has 2 amide bonds. The van der Waals surface area contributed by atoms with Gasteiger partial charge in [-0.05, 0) is 40.0 Å². The fourth-order valence-electron chi connectivity index (χ4n) is 3.44. The second kappa shape index (κ2) is 4.28. The van der Waals surface area contributed by atoms with E-state index in [2.05, 4.69) is 0 Å². The summed E-state index contributed by atoms with van der Waals surface area (Å²) in [6, 6.07) is 0. The van der Waals surface area contributed by atoms with Crippen LogP contribution in [0.3, 0.4) is 0 Å². The lowest BCUT2D eigenvalue weighted by Gasteiger charge is -2.36. The Kier molecular flexibility index (Phi) is 3.26. The van der Waals surface area contributed by atoms with E-state index in [9.17, 15) is 14.8 Å². The summed E-state index contributed by atoms with van der Waals surface area (Å²) >= 11 is 0. The first kappa shape index (κ1) is 14.5. The van der Waals surface area contributed by atoms with Gasteiger partial charge < -0.3 is 5.21 Å². The van der Waals surface area contributed by atoms with Crippen LogP contribution >= 0.6 is 0 Å². The van der Waals surface area contributed by atoms with E-state index < -0.39 is 5.54 Å². The van der Waals surface area contributed by atoms with Crippen molar-refractivity contribution < 1.29 is 14.8 Å². The number of carbonyl (C=O) groups is 2. The van der Waals surface area contributed by atoms with Crippen LogP contribution in [-0.2, 0) is 9.59 Å². The quantitative estimate of drug-likeness (QED) is 0.774. The average molecular weight is 268 g/mol. The molecule has 2 fully saturated rings. The second-order valence-electron chi connectivity index (χ2n) is 7.13. The number of likely N-dealkylation sites (tertiary alicyclic amines) is 1. The minimum Gasteiger partial charge on any atom is -0.313 e. The largest absolute Gasteiger partial charge is 0.313 e. The molecule has 0 aromatic heterocycles. The van der Waals surface area contributed by atoms with Crippen molar-refractivity contribution in [2.75, 3.05) is 6.54 Å². The van der Waals surface area contributed by atoms with Gasteiger partial charge in [-0.15, -0.1) is 0 Å². The van der Waals surface area contributed by atoms with Gasteiger partial charge in [0.05, 0.1) is 0 Å². The van der Waals surface area contributed by atoms with Crippen molar-refractivity contribution in [2.24, 2.45) is 11.8 Å². The number of hydrogen-bond acceptors (Lipinski definition) is 4. The van der Waals surface area contributed by atoms with Crippen LogP contribution in [0.2, 0.25) is 0 Å². The standard InChI is InChI=1S/C14H24N2O3/c1-9-6-11(17)15(12(9)18)8-10-7-13(2,3)16(19)14(10,4)5/h9-10,19H,6-8H2,1-5H3/t9-,10?/m1/s1. The van der Waals surface area contributed by atoms with Crippen LogP contribution < -0.4 is 0 Å². The highest BCUT2D eigenvalue weighted by Crippen LogP contribution is 2.44. The molecule has 0 bridgehead atoms. The van der Waals surface area contributed by atoms with Crippen LogP contribution in [0.15, 0.2) is 0 Å². The molecule has 2 heterocycles. The Morgan fingerprint density at radius 2 is 1.84 bits per heavy atom. The Hall–Kier alpha value is -0.940. The average Bonchev–Trinajstić information content (AvgIpc) is 2.60. The zero-order valence-corrected chi connectivity index (χ0v) is 12.4. The third-order valence-corrected chi connectivity index (χ3v) is 4.74. The van der Waals surface area contributed by atoms with E-state index in [1.54, 1.807) is 6.92 Å². The van der Waals surface area contributed by atoms with Gasteiger partial charge in [0.1, 0.15) is 0 Å². The Labute approximate surface area is 114 Å². The molecule has 0 spiro atoms. The molecule has 2 aliphatic rings. The fourth-order valence-corrected chi connectivity index (χ4v) is 3.44. The van der Waals surface area contributed by atoms with E-state index in [0.29, 0.717) is 13.0 Å². The van der Waals surface area contributed by atoms with Crippen molar-refractivity contribution >= 4 is 11.8 Å². The lowest BCUT2D eigenvalue weighted by Crippen LogP contribution is -2.49. The number of hydrogen-bond donors (Lipinski definition) is 1. The van der Waals surface area contributed by atoms with Gasteiger partial charge in [-0.1, -0.05) is 6.92 Å². The number of carbonyl (C=O) groups excluding carboxylic acids is 2. The number of rotatable bonds is 2. The monoisotopic (exact) mass is 268 g/mol. The molecule has 2 aliphatic heterocycles. The predicted molar refractivity (Wildman–Crippen MR) is 70.4 cm³/mol. The zero-order chi connectivity index (χ0) is 14.6. The van der Waals surface area contributed by atoms with Crippen LogP contribution in [0.5, 0.6) is 0 Å². The predicted octanol–water partition coefficient (Wildman–Crippen LogP) is 1.65. The van der Waals surface area contributed by atoms with Crippen LogP contribution in [0, 0.1) is 11.8 Å². The molecule has 1 N–H and O–H groups in total. The SMILES string of the molecule is C[C@@H]1CC(=O)N(CC2CC(C)(C)N(O)C2(C)C)C1=O.